The zero-order valence-electron chi connectivity index (χ0n) is 49.3. The molecule has 0 aliphatic rings. The van der Waals surface area contributed by atoms with Gasteiger partial charge in [-0.1, -0.05) is 272 Å². The summed E-state index contributed by atoms with van der Waals surface area (Å²) in [5.41, 5.74) is 0. The number of esters is 3. The van der Waals surface area contributed by atoms with Gasteiger partial charge in [-0.15, -0.1) is 0 Å². The van der Waals surface area contributed by atoms with Gasteiger partial charge < -0.3 is 14.2 Å². The molecule has 0 aromatic rings. The number of allylic oxidation sites excluding steroid dienone is 16. The molecule has 1 unspecified atom stereocenters. The zero-order valence-corrected chi connectivity index (χ0v) is 49.3. The standard InChI is InChI=1S/C69H118O6/c1-4-7-10-13-16-19-22-25-27-28-29-30-31-32-33-34-35-36-37-38-39-40-42-44-47-50-53-56-59-62-68(71)74-65-66(64-73-67(70)61-58-55-52-49-46-43-24-21-18-15-12-9-6-3)75-69(72)63-60-57-54-51-48-45-41-26-23-20-17-14-11-8-5-2/h9,12,18,21-22,25-26,28-29,31-32,41,43,46,52,55,66H,4-8,10-11,13-17,19-20,23-24,27,30,33-40,42,44-45,47-51,53-54,56-65H2,1-3H3/b12-9-,21-18-,25-22-,29-28-,32-31-,41-26-,46-43-,55-52-. The first kappa shape index (κ1) is 71.3. The van der Waals surface area contributed by atoms with Crippen LogP contribution in [0.4, 0.5) is 0 Å². The Morgan fingerprint density at radius 3 is 0.907 bits per heavy atom. The van der Waals surface area contributed by atoms with Crippen LogP contribution in [0.25, 0.3) is 0 Å². The first-order chi connectivity index (χ1) is 37.0. The molecule has 0 aromatic heterocycles. The molecule has 0 aliphatic carbocycles. The molecule has 6 heteroatoms. The van der Waals surface area contributed by atoms with E-state index in [9.17, 15) is 14.4 Å². The van der Waals surface area contributed by atoms with Crippen LogP contribution in [0.2, 0.25) is 0 Å². The minimum absolute atomic E-state index is 0.102. The second-order valence-electron chi connectivity index (χ2n) is 20.9. The molecule has 0 saturated carbocycles. The van der Waals surface area contributed by atoms with E-state index in [4.69, 9.17) is 14.2 Å². The van der Waals surface area contributed by atoms with Crippen molar-refractivity contribution in [1.82, 2.24) is 0 Å². The molecule has 0 saturated heterocycles. The number of ether oxygens (including phenoxy) is 3. The molecule has 430 valence electrons. The van der Waals surface area contributed by atoms with Crippen molar-refractivity contribution in [3.8, 4) is 0 Å². The predicted molar refractivity (Wildman–Crippen MR) is 325 cm³/mol. The van der Waals surface area contributed by atoms with Gasteiger partial charge in [-0.2, -0.15) is 0 Å². The Kier molecular flexibility index (Phi) is 59.8. The van der Waals surface area contributed by atoms with Crippen LogP contribution in [0.1, 0.15) is 303 Å². The summed E-state index contributed by atoms with van der Waals surface area (Å²) in [6, 6.07) is 0. The van der Waals surface area contributed by atoms with E-state index in [1.54, 1.807) is 0 Å². The molecule has 0 amide bonds. The monoisotopic (exact) mass is 1040 g/mol. The lowest BCUT2D eigenvalue weighted by Crippen LogP contribution is -2.30. The molecular weight excluding hydrogens is 925 g/mol. The lowest BCUT2D eigenvalue weighted by atomic mass is 10.0. The lowest BCUT2D eigenvalue weighted by molar-refractivity contribution is -0.166. The minimum atomic E-state index is -0.811. The number of carbonyl (C=O) groups is 3. The van der Waals surface area contributed by atoms with Crippen LogP contribution < -0.4 is 0 Å². The molecule has 1 atom stereocenters. The van der Waals surface area contributed by atoms with Gasteiger partial charge in [0.05, 0.1) is 0 Å². The fourth-order valence-corrected chi connectivity index (χ4v) is 8.81. The van der Waals surface area contributed by atoms with E-state index in [1.165, 1.54) is 167 Å². The molecule has 0 radical (unpaired) electrons. The van der Waals surface area contributed by atoms with Crippen LogP contribution in [0.15, 0.2) is 97.2 Å². The maximum Gasteiger partial charge on any atom is 0.306 e. The van der Waals surface area contributed by atoms with E-state index >= 15 is 0 Å². The average molecular weight is 1040 g/mol. The largest absolute Gasteiger partial charge is 0.462 e. The third kappa shape index (κ3) is 61.1. The summed E-state index contributed by atoms with van der Waals surface area (Å²) in [6.45, 7) is 6.45. The Labute approximate surface area is 464 Å². The Hall–Kier alpha value is -3.67. The van der Waals surface area contributed by atoms with Gasteiger partial charge >= 0.3 is 17.9 Å². The highest BCUT2D eigenvalue weighted by Gasteiger charge is 2.19. The normalized spacial score (nSPS) is 12.7. The number of rotatable bonds is 57. The van der Waals surface area contributed by atoms with Gasteiger partial charge in [0.25, 0.3) is 0 Å². The van der Waals surface area contributed by atoms with Crippen LogP contribution in [-0.2, 0) is 28.6 Å². The van der Waals surface area contributed by atoms with Crippen LogP contribution in [0.3, 0.4) is 0 Å². The van der Waals surface area contributed by atoms with E-state index in [2.05, 4.69) is 112 Å². The summed E-state index contributed by atoms with van der Waals surface area (Å²) in [7, 11) is 0. The van der Waals surface area contributed by atoms with Crippen molar-refractivity contribution in [2.75, 3.05) is 13.2 Å². The van der Waals surface area contributed by atoms with Gasteiger partial charge in [0.1, 0.15) is 13.2 Å². The Bertz CT molecular complexity index is 1480. The molecule has 0 bridgehead atoms. The molecule has 0 aliphatic heterocycles. The average Bonchev–Trinajstić information content (AvgIpc) is 3.41. The third-order valence-electron chi connectivity index (χ3n) is 13.6. The highest BCUT2D eigenvalue weighted by atomic mass is 16.6. The van der Waals surface area contributed by atoms with Crippen molar-refractivity contribution in [3.05, 3.63) is 97.2 Å². The maximum atomic E-state index is 12.9. The number of carbonyl (C=O) groups excluding carboxylic acids is 3. The molecule has 75 heavy (non-hydrogen) atoms. The molecule has 0 rings (SSSR count). The topological polar surface area (TPSA) is 78.9 Å². The first-order valence-corrected chi connectivity index (χ1v) is 31.7. The van der Waals surface area contributed by atoms with Crippen LogP contribution in [0, 0.1) is 0 Å². The Morgan fingerprint density at radius 1 is 0.280 bits per heavy atom. The van der Waals surface area contributed by atoms with Gasteiger partial charge in [0.15, 0.2) is 6.10 Å². The predicted octanol–water partition coefficient (Wildman–Crippen LogP) is 21.7. The maximum absolute atomic E-state index is 12.9. The number of hydrogen-bond acceptors (Lipinski definition) is 6. The Balaban J connectivity index is 4.27. The molecule has 0 N–H and O–H groups in total. The van der Waals surface area contributed by atoms with Crippen molar-refractivity contribution in [2.45, 2.75) is 309 Å². The van der Waals surface area contributed by atoms with Gasteiger partial charge in [-0.3, -0.25) is 14.4 Å². The summed E-state index contributed by atoms with van der Waals surface area (Å²) in [6.07, 6.45) is 84.4. The minimum Gasteiger partial charge on any atom is -0.462 e. The molecule has 0 aromatic carbocycles. The van der Waals surface area contributed by atoms with Gasteiger partial charge in [-0.25, -0.2) is 0 Å². The quantitative estimate of drug-likeness (QED) is 0.0261. The molecule has 0 fully saturated rings. The summed E-state index contributed by atoms with van der Waals surface area (Å²) in [4.78, 5) is 38.2. The fourth-order valence-electron chi connectivity index (χ4n) is 8.81. The van der Waals surface area contributed by atoms with Gasteiger partial charge in [0, 0.05) is 19.3 Å². The smallest absolute Gasteiger partial charge is 0.306 e. The summed E-state index contributed by atoms with van der Waals surface area (Å²) in [5.74, 6) is -0.990. The van der Waals surface area contributed by atoms with Gasteiger partial charge in [0.2, 0.25) is 0 Å². The van der Waals surface area contributed by atoms with E-state index in [-0.39, 0.29) is 37.5 Å². The second kappa shape index (κ2) is 62.9. The van der Waals surface area contributed by atoms with Crippen molar-refractivity contribution in [1.29, 1.82) is 0 Å². The SMILES string of the molecule is CC/C=C\C/C=C\C/C=C\C/C=C\CCC(=O)OCC(COC(=O)CCCCCCCCCCCCCCCC/C=C\C/C=C\C/C=C\CCCCCCC)OC(=O)CCCCCCC/C=C\CCCCCCCC. The van der Waals surface area contributed by atoms with Crippen LogP contribution in [0.5, 0.6) is 0 Å². The van der Waals surface area contributed by atoms with E-state index < -0.39 is 6.10 Å². The van der Waals surface area contributed by atoms with Crippen LogP contribution in [-0.4, -0.2) is 37.2 Å². The first-order valence-electron chi connectivity index (χ1n) is 31.7. The number of hydrogen-bond donors (Lipinski definition) is 0. The lowest BCUT2D eigenvalue weighted by Gasteiger charge is -2.18. The molecule has 0 spiro atoms. The molecule has 0 heterocycles. The van der Waals surface area contributed by atoms with Crippen molar-refractivity contribution in [2.24, 2.45) is 0 Å². The van der Waals surface area contributed by atoms with E-state index in [0.29, 0.717) is 19.3 Å². The van der Waals surface area contributed by atoms with E-state index in [0.717, 1.165) is 89.9 Å². The van der Waals surface area contributed by atoms with Gasteiger partial charge in [-0.05, 0) is 109 Å². The zero-order chi connectivity index (χ0) is 54.3. The highest BCUT2D eigenvalue weighted by molar-refractivity contribution is 5.71. The van der Waals surface area contributed by atoms with E-state index in [1.807, 2.05) is 6.08 Å². The molecule has 6 nitrogen and oxygen atoms in total. The van der Waals surface area contributed by atoms with Crippen molar-refractivity contribution >= 4 is 17.9 Å². The Morgan fingerprint density at radius 2 is 0.547 bits per heavy atom. The van der Waals surface area contributed by atoms with Crippen molar-refractivity contribution < 1.29 is 28.6 Å². The summed E-state index contributed by atoms with van der Waals surface area (Å²) in [5, 5.41) is 0. The van der Waals surface area contributed by atoms with Crippen LogP contribution >= 0.6 is 0 Å². The fraction of sp³-hybridized carbons (Fsp3) is 0.725. The summed E-state index contributed by atoms with van der Waals surface area (Å²) < 4.78 is 16.8. The molecular formula is C69H118O6. The van der Waals surface area contributed by atoms with Crippen molar-refractivity contribution in [3.63, 3.8) is 0 Å². The third-order valence-corrected chi connectivity index (χ3v) is 13.6. The summed E-state index contributed by atoms with van der Waals surface area (Å²) >= 11 is 0. The second-order valence-corrected chi connectivity index (χ2v) is 20.9. The highest BCUT2D eigenvalue weighted by Crippen LogP contribution is 2.16. The number of unbranched alkanes of at least 4 members (excludes halogenated alkanes) is 30.